The molecule has 1 atom stereocenters. The van der Waals surface area contributed by atoms with Gasteiger partial charge in [0.05, 0.1) is 6.10 Å². The first-order valence-corrected chi connectivity index (χ1v) is 12.2. The highest BCUT2D eigenvalue weighted by molar-refractivity contribution is 9.09. The van der Waals surface area contributed by atoms with Crippen molar-refractivity contribution in [3.63, 3.8) is 0 Å². The fourth-order valence-corrected chi connectivity index (χ4v) is 3.68. The molecule has 0 radical (unpaired) electrons. The van der Waals surface area contributed by atoms with Crippen molar-refractivity contribution in [2.24, 2.45) is 0 Å². The number of rotatable bonds is 20. The second-order valence-electron chi connectivity index (χ2n) is 7.61. The van der Waals surface area contributed by atoms with Crippen LogP contribution in [-0.2, 0) is 0 Å². The number of hydrogen-bond acceptors (Lipinski definition) is 1. The van der Waals surface area contributed by atoms with E-state index in [9.17, 15) is 5.11 Å². The molecule has 0 aliphatic rings. The van der Waals surface area contributed by atoms with Gasteiger partial charge in [-0.1, -0.05) is 138 Å². The molecule has 0 aromatic rings. The third-order valence-corrected chi connectivity index (χ3v) is 5.82. The summed E-state index contributed by atoms with van der Waals surface area (Å²) in [5.74, 6) is 0. The maximum Gasteiger partial charge on any atom is 0.0637 e. The lowest BCUT2D eigenvalue weighted by molar-refractivity contribution is 0.186. The van der Waals surface area contributed by atoms with Crippen LogP contribution in [0.4, 0.5) is 0 Å². The van der Waals surface area contributed by atoms with Crippen LogP contribution >= 0.6 is 15.9 Å². The van der Waals surface area contributed by atoms with Crippen molar-refractivity contribution in [1.29, 1.82) is 0 Å². The van der Waals surface area contributed by atoms with Crippen molar-refractivity contribution in [1.82, 2.24) is 0 Å². The smallest absolute Gasteiger partial charge is 0.0637 e. The molecular formula is C22H45BrO. The monoisotopic (exact) mass is 404 g/mol. The molecule has 2 heteroatoms. The number of alkyl halides is 1. The fraction of sp³-hybridized carbons (Fsp3) is 1.00. The second kappa shape index (κ2) is 21.5. The van der Waals surface area contributed by atoms with E-state index in [1.807, 2.05) is 0 Å². The van der Waals surface area contributed by atoms with Crippen molar-refractivity contribution in [3.05, 3.63) is 0 Å². The first-order valence-electron chi connectivity index (χ1n) is 11.0. The highest BCUT2D eigenvalue weighted by atomic mass is 79.9. The minimum atomic E-state index is -0.133. The van der Waals surface area contributed by atoms with Crippen molar-refractivity contribution >= 4 is 15.9 Å². The van der Waals surface area contributed by atoms with Gasteiger partial charge in [0.15, 0.2) is 0 Å². The molecule has 0 saturated heterocycles. The van der Waals surface area contributed by atoms with Crippen LogP contribution < -0.4 is 0 Å². The van der Waals surface area contributed by atoms with E-state index >= 15 is 0 Å². The molecule has 1 unspecified atom stereocenters. The van der Waals surface area contributed by atoms with Crippen LogP contribution in [0.3, 0.4) is 0 Å². The maximum absolute atomic E-state index is 9.45. The average molecular weight is 406 g/mol. The molecule has 0 aromatic heterocycles. The summed E-state index contributed by atoms with van der Waals surface area (Å²) in [5, 5.41) is 10.2. The van der Waals surface area contributed by atoms with Gasteiger partial charge in [0, 0.05) is 5.33 Å². The zero-order valence-corrected chi connectivity index (χ0v) is 18.1. The zero-order chi connectivity index (χ0) is 17.7. The normalized spacial score (nSPS) is 12.6. The van der Waals surface area contributed by atoms with Crippen LogP contribution in [0.2, 0.25) is 0 Å². The summed E-state index contributed by atoms with van der Waals surface area (Å²) < 4.78 is 0. The van der Waals surface area contributed by atoms with Crippen molar-refractivity contribution < 1.29 is 5.11 Å². The van der Waals surface area contributed by atoms with E-state index in [-0.39, 0.29) is 6.10 Å². The fourth-order valence-electron chi connectivity index (χ4n) is 3.36. The summed E-state index contributed by atoms with van der Waals surface area (Å²) in [5.41, 5.74) is 0. The summed E-state index contributed by atoms with van der Waals surface area (Å²) in [4.78, 5) is 0. The van der Waals surface area contributed by atoms with Crippen molar-refractivity contribution in [2.45, 2.75) is 135 Å². The molecule has 0 aliphatic carbocycles. The number of unbranched alkanes of at least 4 members (excludes halogenated alkanes) is 17. The Morgan fingerprint density at radius 3 is 1.12 bits per heavy atom. The van der Waals surface area contributed by atoms with E-state index in [0.717, 1.165) is 11.8 Å². The predicted octanol–water partition coefficient (Wildman–Crippen LogP) is 8.17. The van der Waals surface area contributed by atoms with E-state index in [2.05, 4.69) is 22.9 Å². The van der Waals surface area contributed by atoms with Crippen LogP contribution in [0.15, 0.2) is 0 Å². The van der Waals surface area contributed by atoms with E-state index < -0.39 is 0 Å². The minimum absolute atomic E-state index is 0.133. The Hall–Kier alpha value is 0.440. The largest absolute Gasteiger partial charge is 0.392 e. The van der Waals surface area contributed by atoms with Gasteiger partial charge < -0.3 is 5.11 Å². The summed E-state index contributed by atoms with van der Waals surface area (Å²) in [6, 6.07) is 0. The molecule has 0 fully saturated rings. The molecule has 0 rings (SSSR count). The standard InChI is InChI=1S/C22H45BrO/c1-2-3-4-5-6-7-8-9-10-11-12-13-14-15-16-17-18-19-20-22(24)21-23/h22,24H,2-21H2,1H3. The van der Waals surface area contributed by atoms with Crippen molar-refractivity contribution in [3.8, 4) is 0 Å². The van der Waals surface area contributed by atoms with Crippen LogP contribution in [0.1, 0.15) is 129 Å². The molecule has 0 bridgehead atoms. The first kappa shape index (κ1) is 24.4. The van der Waals surface area contributed by atoms with E-state index in [4.69, 9.17) is 0 Å². The van der Waals surface area contributed by atoms with Gasteiger partial charge in [-0.25, -0.2) is 0 Å². The van der Waals surface area contributed by atoms with Crippen LogP contribution in [0.25, 0.3) is 0 Å². The van der Waals surface area contributed by atoms with Gasteiger partial charge in [-0.15, -0.1) is 0 Å². The Kier molecular flexibility index (Phi) is 21.9. The third kappa shape index (κ3) is 20.5. The quantitative estimate of drug-likeness (QED) is 0.160. The lowest BCUT2D eigenvalue weighted by Gasteiger charge is -2.06. The zero-order valence-electron chi connectivity index (χ0n) is 16.5. The summed E-state index contributed by atoms with van der Waals surface area (Å²) >= 11 is 3.32. The van der Waals surface area contributed by atoms with Gasteiger partial charge in [0.2, 0.25) is 0 Å². The lowest BCUT2D eigenvalue weighted by Crippen LogP contribution is -2.06. The van der Waals surface area contributed by atoms with Crippen LogP contribution in [0.5, 0.6) is 0 Å². The van der Waals surface area contributed by atoms with Gasteiger partial charge in [0.1, 0.15) is 0 Å². The molecule has 0 saturated carbocycles. The lowest BCUT2D eigenvalue weighted by atomic mass is 10.0. The van der Waals surface area contributed by atoms with E-state index in [0.29, 0.717) is 0 Å². The molecule has 0 heterocycles. The molecule has 146 valence electrons. The highest BCUT2D eigenvalue weighted by Gasteiger charge is 2.00. The maximum atomic E-state index is 9.45. The number of halogens is 1. The predicted molar refractivity (Wildman–Crippen MR) is 113 cm³/mol. The summed E-state index contributed by atoms with van der Waals surface area (Å²) in [6.07, 6.45) is 26.3. The van der Waals surface area contributed by atoms with Gasteiger partial charge in [-0.2, -0.15) is 0 Å². The van der Waals surface area contributed by atoms with E-state index in [1.165, 1.54) is 116 Å². The Balaban J connectivity index is 2.98. The molecule has 0 aliphatic heterocycles. The SMILES string of the molecule is CCCCCCCCCCCCCCCCCCCCC(O)CBr. The highest BCUT2D eigenvalue weighted by Crippen LogP contribution is 2.14. The summed E-state index contributed by atoms with van der Waals surface area (Å²) in [6.45, 7) is 2.29. The molecule has 24 heavy (non-hydrogen) atoms. The minimum Gasteiger partial charge on any atom is -0.392 e. The van der Waals surface area contributed by atoms with E-state index in [1.54, 1.807) is 0 Å². The Morgan fingerprint density at radius 2 is 0.833 bits per heavy atom. The first-order chi connectivity index (χ1) is 11.8. The van der Waals surface area contributed by atoms with Crippen LogP contribution in [-0.4, -0.2) is 16.5 Å². The van der Waals surface area contributed by atoms with Gasteiger partial charge in [-0.05, 0) is 6.42 Å². The Bertz CT molecular complexity index is 220. The Labute approximate surface area is 161 Å². The average Bonchev–Trinajstić information content (AvgIpc) is 2.60. The van der Waals surface area contributed by atoms with Gasteiger partial charge in [-0.3, -0.25) is 0 Å². The van der Waals surface area contributed by atoms with Crippen molar-refractivity contribution in [2.75, 3.05) is 5.33 Å². The van der Waals surface area contributed by atoms with Gasteiger partial charge >= 0.3 is 0 Å². The number of hydrogen-bond donors (Lipinski definition) is 1. The molecule has 0 spiro atoms. The Morgan fingerprint density at radius 1 is 0.542 bits per heavy atom. The third-order valence-electron chi connectivity index (χ3n) is 5.07. The topological polar surface area (TPSA) is 20.2 Å². The molecule has 0 amide bonds. The summed E-state index contributed by atoms with van der Waals surface area (Å²) in [7, 11) is 0. The van der Waals surface area contributed by atoms with Crippen LogP contribution in [0, 0.1) is 0 Å². The number of aliphatic hydroxyl groups excluding tert-OH is 1. The molecule has 1 nitrogen and oxygen atoms in total. The number of aliphatic hydroxyl groups is 1. The van der Waals surface area contributed by atoms with Gasteiger partial charge in [0.25, 0.3) is 0 Å². The second-order valence-corrected chi connectivity index (χ2v) is 8.25. The molecule has 0 aromatic carbocycles. The molecule has 1 N–H and O–H groups in total. The molecular weight excluding hydrogens is 360 g/mol.